The van der Waals surface area contributed by atoms with Crippen LogP contribution in [0, 0.1) is 10.8 Å². The van der Waals surface area contributed by atoms with E-state index in [1.165, 1.54) is 0 Å². The Bertz CT molecular complexity index is 490. The summed E-state index contributed by atoms with van der Waals surface area (Å²) in [6.07, 6.45) is 0. The number of amides is 1. The number of nitrogens with one attached hydrogen (secondary N) is 1. The van der Waals surface area contributed by atoms with E-state index in [4.69, 9.17) is 10.5 Å². The number of benzene rings is 1. The number of hydrogen-bond acceptors (Lipinski definition) is 3. The number of nitrogens with two attached hydrogens (primary N) is 1. The van der Waals surface area contributed by atoms with Gasteiger partial charge in [0.1, 0.15) is 5.75 Å². The van der Waals surface area contributed by atoms with E-state index in [1.807, 2.05) is 0 Å². The van der Waals surface area contributed by atoms with Gasteiger partial charge in [-0.25, -0.2) is 0 Å². The Morgan fingerprint density at radius 2 is 1.65 bits per heavy atom. The molecule has 1 aromatic rings. The summed E-state index contributed by atoms with van der Waals surface area (Å²) in [5.41, 5.74) is 6.66. The summed E-state index contributed by atoms with van der Waals surface area (Å²) in [5.74, 6) is 0.679. The SMILES string of the molecule is COc1ccc(C(=O)NC2C(C)(C)C(N)C2(C)C)cc1. The number of methoxy groups -OCH3 is 1. The fourth-order valence-corrected chi connectivity index (χ4v) is 3.51. The molecule has 0 bridgehead atoms. The molecule has 0 aromatic heterocycles. The summed E-state index contributed by atoms with van der Waals surface area (Å²) in [7, 11) is 1.61. The van der Waals surface area contributed by atoms with Crippen molar-refractivity contribution in [3.8, 4) is 5.75 Å². The van der Waals surface area contributed by atoms with Crippen LogP contribution in [0.2, 0.25) is 0 Å². The fourth-order valence-electron chi connectivity index (χ4n) is 3.51. The minimum Gasteiger partial charge on any atom is -0.497 e. The molecule has 1 fully saturated rings. The maximum atomic E-state index is 12.3. The third-order valence-electron chi connectivity index (χ3n) is 4.72. The lowest BCUT2D eigenvalue weighted by atomic mass is 9.48. The van der Waals surface area contributed by atoms with E-state index in [9.17, 15) is 4.79 Å². The maximum absolute atomic E-state index is 12.3. The van der Waals surface area contributed by atoms with Gasteiger partial charge >= 0.3 is 0 Å². The zero-order valence-corrected chi connectivity index (χ0v) is 12.9. The zero-order valence-electron chi connectivity index (χ0n) is 12.9. The van der Waals surface area contributed by atoms with Gasteiger partial charge in [-0.2, -0.15) is 0 Å². The topological polar surface area (TPSA) is 64.3 Å². The number of ether oxygens (including phenoxy) is 1. The molecule has 1 aromatic carbocycles. The monoisotopic (exact) mass is 276 g/mol. The largest absolute Gasteiger partial charge is 0.497 e. The van der Waals surface area contributed by atoms with E-state index in [-0.39, 0.29) is 28.8 Å². The molecule has 0 unspecified atom stereocenters. The zero-order chi connectivity index (χ0) is 15.1. The van der Waals surface area contributed by atoms with Crippen molar-refractivity contribution in [1.29, 1.82) is 0 Å². The van der Waals surface area contributed by atoms with Crippen molar-refractivity contribution < 1.29 is 9.53 Å². The van der Waals surface area contributed by atoms with Crippen molar-refractivity contribution in [3.63, 3.8) is 0 Å². The van der Waals surface area contributed by atoms with Crippen molar-refractivity contribution in [2.45, 2.75) is 39.8 Å². The quantitative estimate of drug-likeness (QED) is 0.889. The molecule has 4 nitrogen and oxygen atoms in total. The van der Waals surface area contributed by atoms with Gasteiger partial charge in [0, 0.05) is 28.5 Å². The van der Waals surface area contributed by atoms with Crippen LogP contribution in [0.3, 0.4) is 0 Å². The Morgan fingerprint density at radius 1 is 1.15 bits per heavy atom. The summed E-state index contributed by atoms with van der Waals surface area (Å²) in [4.78, 5) is 12.3. The summed E-state index contributed by atoms with van der Waals surface area (Å²) < 4.78 is 5.09. The van der Waals surface area contributed by atoms with Gasteiger partial charge in [-0.3, -0.25) is 4.79 Å². The van der Waals surface area contributed by atoms with Crippen molar-refractivity contribution in [2.75, 3.05) is 7.11 Å². The average molecular weight is 276 g/mol. The summed E-state index contributed by atoms with van der Waals surface area (Å²) in [6.45, 7) is 8.40. The first-order valence-corrected chi connectivity index (χ1v) is 6.91. The minimum atomic E-state index is -0.0916. The van der Waals surface area contributed by atoms with Crippen LogP contribution in [-0.2, 0) is 0 Å². The maximum Gasteiger partial charge on any atom is 0.251 e. The van der Waals surface area contributed by atoms with Crippen LogP contribution in [0.1, 0.15) is 38.1 Å². The Hall–Kier alpha value is -1.55. The third kappa shape index (κ3) is 2.18. The smallest absolute Gasteiger partial charge is 0.251 e. The lowest BCUT2D eigenvalue weighted by molar-refractivity contribution is -0.0663. The van der Waals surface area contributed by atoms with Crippen LogP contribution >= 0.6 is 0 Å². The first-order valence-electron chi connectivity index (χ1n) is 6.91. The number of carbonyl (C=O) groups excluding carboxylic acids is 1. The molecule has 110 valence electrons. The van der Waals surface area contributed by atoms with Crippen LogP contribution in [-0.4, -0.2) is 25.1 Å². The van der Waals surface area contributed by atoms with Crippen LogP contribution in [0.4, 0.5) is 0 Å². The predicted molar refractivity (Wildman–Crippen MR) is 79.8 cm³/mol. The van der Waals surface area contributed by atoms with Gasteiger partial charge < -0.3 is 15.8 Å². The van der Waals surface area contributed by atoms with Crippen LogP contribution in [0.15, 0.2) is 24.3 Å². The van der Waals surface area contributed by atoms with Gasteiger partial charge in [-0.1, -0.05) is 27.7 Å². The molecule has 0 heterocycles. The second-order valence-electron chi connectivity index (χ2n) is 6.76. The van der Waals surface area contributed by atoms with E-state index in [0.29, 0.717) is 5.56 Å². The number of carbonyl (C=O) groups is 1. The highest BCUT2D eigenvalue weighted by atomic mass is 16.5. The highest BCUT2D eigenvalue weighted by Crippen LogP contribution is 2.52. The lowest BCUT2D eigenvalue weighted by Crippen LogP contribution is -2.76. The van der Waals surface area contributed by atoms with Gasteiger partial charge in [-0.15, -0.1) is 0 Å². The van der Waals surface area contributed by atoms with Gasteiger partial charge in [0.2, 0.25) is 0 Å². The molecule has 0 saturated heterocycles. The molecule has 1 aliphatic rings. The molecule has 1 aliphatic carbocycles. The molecule has 0 aliphatic heterocycles. The van der Waals surface area contributed by atoms with Gasteiger partial charge in [0.25, 0.3) is 5.91 Å². The van der Waals surface area contributed by atoms with Gasteiger partial charge in [0.05, 0.1) is 7.11 Å². The summed E-state index contributed by atoms with van der Waals surface area (Å²) in [6, 6.07) is 7.27. The lowest BCUT2D eigenvalue weighted by Gasteiger charge is -2.62. The van der Waals surface area contributed by atoms with Gasteiger partial charge in [-0.05, 0) is 24.3 Å². The second kappa shape index (κ2) is 4.77. The van der Waals surface area contributed by atoms with Crippen molar-refractivity contribution in [3.05, 3.63) is 29.8 Å². The van der Waals surface area contributed by atoms with Crippen molar-refractivity contribution >= 4 is 5.91 Å². The van der Waals surface area contributed by atoms with E-state index in [0.717, 1.165) is 5.75 Å². The Balaban J connectivity index is 2.11. The highest BCUT2D eigenvalue weighted by Gasteiger charge is 2.60. The molecule has 20 heavy (non-hydrogen) atoms. The highest BCUT2D eigenvalue weighted by molar-refractivity contribution is 5.94. The molecule has 0 atom stereocenters. The van der Waals surface area contributed by atoms with Crippen LogP contribution < -0.4 is 15.8 Å². The molecule has 1 amide bonds. The first-order chi connectivity index (χ1) is 9.21. The minimum absolute atomic E-state index is 0.0642. The standard InChI is InChI=1S/C16H24N2O2/c1-15(2)13(17)16(3,4)14(15)18-12(19)10-6-8-11(20-5)9-7-10/h6-9,13-14H,17H2,1-5H3,(H,18,19). The summed E-state index contributed by atoms with van der Waals surface area (Å²) >= 11 is 0. The van der Waals surface area contributed by atoms with E-state index < -0.39 is 0 Å². The van der Waals surface area contributed by atoms with E-state index >= 15 is 0 Å². The molecular weight excluding hydrogens is 252 g/mol. The Morgan fingerprint density at radius 3 is 2.10 bits per heavy atom. The Kier molecular flexibility index (Phi) is 3.54. The number of rotatable bonds is 3. The number of hydrogen-bond donors (Lipinski definition) is 2. The average Bonchev–Trinajstić information content (AvgIpc) is 2.43. The molecule has 1 saturated carbocycles. The molecule has 0 radical (unpaired) electrons. The molecule has 4 heteroatoms. The normalized spacial score (nSPS) is 26.5. The Labute approximate surface area is 120 Å². The molecular formula is C16H24N2O2. The predicted octanol–water partition coefficient (Wildman–Crippen LogP) is 2.19. The van der Waals surface area contributed by atoms with E-state index in [1.54, 1.807) is 31.4 Å². The fraction of sp³-hybridized carbons (Fsp3) is 0.562. The summed E-state index contributed by atoms with van der Waals surface area (Å²) in [5, 5.41) is 3.12. The molecule has 0 spiro atoms. The van der Waals surface area contributed by atoms with Crippen molar-refractivity contribution in [1.82, 2.24) is 5.32 Å². The van der Waals surface area contributed by atoms with Crippen LogP contribution in [0.5, 0.6) is 5.75 Å². The third-order valence-corrected chi connectivity index (χ3v) is 4.72. The van der Waals surface area contributed by atoms with E-state index in [2.05, 4.69) is 33.0 Å². The molecule has 3 N–H and O–H groups in total. The van der Waals surface area contributed by atoms with Gasteiger partial charge in [0.15, 0.2) is 0 Å². The van der Waals surface area contributed by atoms with Crippen molar-refractivity contribution in [2.24, 2.45) is 16.6 Å². The first kappa shape index (κ1) is 14.9. The molecule has 2 rings (SSSR count). The second-order valence-corrected chi connectivity index (χ2v) is 6.76. The van der Waals surface area contributed by atoms with Crippen LogP contribution in [0.25, 0.3) is 0 Å².